The zero-order valence-electron chi connectivity index (χ0n) is 16.2. The van der Waals surface area contributed by atoms with Gasteiger partial charge < -0.3 is 15.0 Å². The van der Waals surface area contributed by atoms with E-state index >= 15 is 0 Å². The second-order valence-corrected chi connectivity index (χ2v) is 8.12. The third-order valence-electron chi connectivity index (χ3n) is 4.41. The molecule has 28 heavy (non-hydrogen) atoms. The lowest BCUT2D eigenvalue weighted by Crippen LogP contribution is -2.48. The molecule has 0 unspecified atom stereocenters. The van der Waals surface area contributed by atoms with Crippen molar-refractivity contribution in [1.29, 1.82) is 0 Å². The first kappa shape index (κ1) is 22.4. The predicted octanol–water partition coefficient (Wildman–Crippen LogP) is 4.32. The van der Waals surface area contributed by atoms with Gasteiger partial charge in [-0.05, 0) is 64.7 Å². The first-order valence-electron chi connectivity index (χ1n) is 9.02. The number of amides is 2. The number of rotatable bonds is 8. The van der Waals surface area contributed by atoms with E-state index < -0.39 is 6.04 Å². The molecular formula is C21H24Br2N2O3. The molecule has 7 heteroatoms. The molecular weight excluding hydrogens is 488 g/mol. The summed E-state index contributed by atoms with van der Waals surface area (Å²) in [7, 11) is 1.56. The Kier molecular flexibility index (Phi) is 8.51. The van der Waals surface area contributed by atoms with Crippen molar-refractivity contribution >= 4 is 43.7 Å². The zero-order chi connectivity index (χ0) is 20.7. The SMILES string of the molecule is CCc1ccc(OCC(=O)N(Cc2cccc(Br)c2)[C@H](C)C(=O)NC)c(Br)c1. The second kappa shape index (κ2) is 10.6. The van der Waals surface area contributed by atoms with Gasteiger partial charge in [0.05, 0.1) is 4.47 Å². The number of nitrogens with zero attached hydrogens (tertiary/aromatic N) is 1. The van der Waals surface area contributed by atoms with Crippen molar-refractivity contribution in [3.8, 4) is 5.75 Å². The van der Waals surface area contributed by atoms with Crippen molar-refractivity contribution in [3.63, 3.8) is 0 Å². The molecule has 0 radical (unpaired) electrons. The number of hydrogen-bond donors (Lipinski definition) is 1. The smallest absolute Gasteiger partial charge is 0.261 e. The van der Waals surface area contributed by atoms with Gasteiger partial charge in [0.1, 0.15) is 11.8 Å². The average Bonchev–Trinajstić information content (AvgIpc) is 2.69. The normalized spacial score (nSPS) is 11.6. The van der Waals surface area contributed by atoms with E-state index in [1.807, 2.05) is 42.5 Å². The Hall–Kier alpha value is -1.86. The molecule has 150 valence electrons. The molecule has 1 atom stereocenters. The fraction of sp³-hybridized carbons (Fsp3) is 0.333. The molecule has 5 nitrogen and oxygen atoms in total. The summed E-state index contributed by atoms with van der Waals surface area (Å²) >= 11 is 6.92. The van der Waals surface area contributed by atoms with Crippen molar-refractivity contribution < 1.29 is 14.3 Å². The largest absolute Gasteiger partial charge is 0.483 e. The number of carbonyl (C=O) groups is 2. The Morgan fingerprint density at radius 2 is 1.89 bits per heavy atom. The summed E-state index contributed by atoms with van der Waals surface area (Å²) in [6.07, 6.45) is 0.919. The van der Waals surface area contributed by atoms with Crippen LogP contribution < -0.4 is 10.1 Å². The maximum absolute atomic E-state index is 12.9. The van der Waals surface area contributed by atoms with Gasteiger partial charge in [-0.15, -0.1) is 0 Å². The topological polar surface area (TPSA) is 58.6 Å². The third kappa shape index (κ3) is 6.07. The number of hydrogen-bond acceptors (Lipinski definition) is 3. The van der Waals surface area contributed by atoms with E-state index in [0.717, 1.165) is 20.9 Å². The Bertz CT molecular complexity index is 842. The average molecular weight is 512 g/mol. The summed E-state index contributed by atoms with van der Waals surface area (Å²) < 4.78 is 7.45. The van der Waals surface area contributed by atoms with Crippen LogP contribution in [0.3, 0.4) is 0 Å². The summed E-state index contributed by atoms with van der Waals surface area (Å²) in [6, 6.07) is 12.8. The molecule has 2 amide bonds. The number of carbonyl (C=O) groups excluding carboxylic acids is 2. The molecule has 2 aromatic rings. The highest BCUT2D eigenvalue weighted by molar-refractivity contribution is 9.10. The van der Waals surface area contributed by atoms with Crippen LogP contribution in [0.4, 0.5) is 0 Å². The van der Waals surface area contributed by atoms with E-state index in [-0.39, 0.29) is 18.4 Å². The second-order valence-electron chi connectivity index (χ2n) is 6.35. The monoisotopic (exact) mass is 510 g/mol. The van der Waals surface area contributed by atoms with Crippen molar-refractivity contribution in [3.05, 3.63) is 62.5 Å². The minimum absolute atomic E-state index is 0.153. The number of aryl methyl sites for hydroxylation is 1. The number of benzene rings is 2. The van der Waals surface area contributed by atoms with Gasteiger partial charge in [-0.3, -0.25) is 9.59 Å². The van der Waals surface area contributed by atoms with Gasteiger partial charge in [0.15, 0.2) is 6.61 Å². The van der Waals surface area contributed by atoms with Crippen LogP contribution in [0.2, 0.25) is 0 Å². The maximum atomic E-state index is 12.9. The fourth-order valence-electron chi connectivity index (χ4n) is 2.73. The minimum atomic E-state index is -0.619. The van der Waals surface area contributed by atoms with Gasteiger partial charge in [-0.1, -0.05) is 41.1 Å². The van der Waals surface area contributed by atoms with Gasteiger partial charge in [0.25, 0.3) is 5.91 Å². The van der Waals surface area contributed by atoms with Gasteiger partial charge in [-0.25, -0.2) is 0 Å². The molecule has 2 rings (SSSR count). The molecule has 0 heterocycles. The highest BCUT2D eigenvalue weighted by atomic mass is 79.9. The summed E-state index contributed by atoms with van der Waals surface area (Å²) in [5.41, 5.74) is 2.10. The molecule has 1 N–H and O–H groups in total. The standard InChI is InChI=1S/C21H24Br2N2O3/c1-4-15-8-9-19(18(23)11-15)28-13-20(26)25(14(2)21(27)24-3)12-16-6-5-7-17(22)10-16/h5-11,14H,4,12-13H2,1-3H3,(H,24,27)/t14-/m1/s1. The van der Waals surface area contributed by atoms with Crippen LogP contribution >= 0.6 is 31.9 Å². The van der Waals surface area contributed by atoms with Crippen LogP contribution in [-0.2, 0) is 22.6 Å². The van der Waals surface area contributed by atoms with Crippen molar-refractivity contribution in [2.75, 3.05) is 13.7 Å². The number of ether oxygens (including phenoxy) is 1. The highest BCUT2D eigenvalue weighted by Gasteiger charge is 2.26. The predicted molar refractivity (Wildman–Crippen MR) is 117 cm³/mol. The van der Waals surface area contributed by atoms with Gasteiger partial charge in [0, 0.05) is 18.1 Å². The lowest BCUT2D eigenvalue weighted by atomic mass is 10.1. The quantitative estimate of drug-likeness (QED) is 0.574. The van der Waals surface area contributed by atoms with Gasteiger partial charge in [-0.2, -0.15) is 0 Å². The first-order valence-corrected chi connectivity index (χ1v) is 10.6. The lowest BCUT2D eigenvalue weighted by molar-refractivity contribution is -0.142. The van der Waals surface area contributed by atoms with Crippen molar-refractivity contribution in [2.24, 2.45) is 0 Å². The van der Waals surface area contributed by atoms with E-state index in [0.29, 0.717) is 12.3 Å². The molecule has 0 aliphatic heterocycles. The molecule has 0 bridgehead atoms. The summed E-state index contributed by atoms with van der Waals surface area (Å²) in [6.45, 7) is 3.94. The van der Waals surface area contributed by atoms with E-state index in [2.05, 4.69) is 44.1 Å². The van der Waals surface area contributed by atoms with Crippen LogP contribution in [0.25, 0.3) is 0 Å². The lowest BCUT2D eigenvalue weighted by Gasteiger charge is -2.28. The first-order chi connectivity index (χ1) is 13.3. The maximum Gasteiger partial charge on any atom is 0.261 e. The van der Waals surface area contributed by atoms with Crippen LogP contribution in [-0.4, -0.2) is 36.4 Å². The third-order valence-corrected chi connectivity index (χ3v) is 5.52. The molecule has 0 aliphatic carbocycles. The van der Waals surface area contributed by atoms with Crippen molar-refractivity contribution in [1.82, 2.24) is 10.2 Å². The molecule has 2 aromatic carbocycles. The van der Waals surface area contributed by atoms with Crippen LogP contribution in [0.15, 0.2) is 51.4 Å². The molecule has 0 saturated heterocycles. The molecule has 0 aliphatic rings. The Labute approximate surface area is 182 Å². The van der Waals surface area contributed by atoms with Gasteiger partial charge in [0.2, 0.25) is 5.91 Å². The number of nitrogens with one attached hydrogen (secondary N) is 1. The van der Waals surface area contributed by atoms with Gasteiger partial charge >= 0.3 is 0 Å². The Morgan fingerprint density at radius 3 is 2.50 bits per heavy atom. The van der Waals surface area contributed by atoms with E-state index in [9.17, 15) is 9.59 Å². The molecule has 0 saturated carbocycles. The summed E-state index contributed by atoms with van der Waals surface area (Å²) in [5, 5.41) is 2.60. The van der Waals surface area contributed by atoms with Crippen LogP contribution in [0.5, 0.6) is 5.75 Å². The van der Waals surface area contributed by atoms with Crippen molar-refractivity contribution in [2.45, 2.75) is 32.9 Å². The van der Waals surface area contributed by atoms with E-state index in [4.69, 9.17) is 4.74 Å². The summed E-state index contributed by atoms with van der Waals surface area (Å²) in [4.78, 5) is 26.6. The number of halogens is 2. The van der Waals surface area contributed by atoms with Crippen LogP contribution in [0, 0.1) is 0 Å². The highest BCUT2D eigenvalue weighted by Crippen LogP contribution is 2.26. The summed E-state index contributed by atoms with van der Waals surface area (Å²) in [5.74, 6) is 0.111. The van der Waals surface area contributed by atoms with Crippen LogP contribution in [0.1, 0.15) is 25.0 Å². The van der Waals surface area contributed by atoms with E-state index in [1.165, 1.54) is 10.5 Å². The minimum Gasteiger partial charge on any atom is -0.483 e. The Balaban J connectivity index is 2.15. The molecule has 0 spiro atoms. The molecule has 0 aromatic heterocycles. The fourth-order valence-corrected chi connectivity index (χ4v) is 3.71. The Morgan fingerprint density at radius 1 is 1.14 bits per heavy atom. The molecule has 0 fully saturated rings. The number of likely N-dealkylation sites (N-methyl/N-ethyl adjacent to an activating group) is 1. The zero-order valence-corrected chi connectivity index (χ0v) is 19.3. The van der Waals surface area contributed by atoms with E-state index in [1.54, 1.807) is 14.0 Å².